The predicted octanol–water partition coefficient (Wildman–Crippen LogP) is 0.110. The van der Waals surface area contributed by atoms with Gasteiger partial charge in [-0.25, -0.2) is 0 Å². The van der Waals surface area contributed by atoms with Crippen molar-refractivity contribution in [2.75, 3.05) is 13.1 Å². The number of hydrogen-bond donors (Lipinski definition) is 2. The van der Waals surface area contributed by atoms with E-state index in [1.807, 2.05) is 0 Å². The van der Waals surface area contributed by atoms with Gasteiger partial charge in [-0.1, -0.05) is 12.8 Å². The summed E-state index contributed by atoms with van der Waals surface area (Å²) in [5, 5.41) is 0. The van der Waals surface area contributed by atoms with Crippen LogP contribution in [0.2, 0.25) is 0 Å². The van der Waals surface area contributed by atoms with E-state index in [4.69, 9.17) is 5.73 Å². The summed E-state index contributed by atoms with van der Waals surface area (Å²) in [7, 11) is 0. The zero-order valence-electron chi connectivity index (χ0n) is 5.33. The summed E-state index contributed by atoms with van der Waals surface area (Å²) in [4.78, 5) is 0. The molecule has 0 amide bonds. The molecule has 2 unspecified atom stereocenters. The lowest BCUT2D eigenvalue weighted by Crippen LogP contribution is -2.59. The lowest BCUT2D eigenvalue weighted by atomic mass is 9.67. The fraction of sp³-hybridized carbons (Fsp3) is 1.00. The lowest BCUT2D eigenvalue weighted by Gasteiger charge is -2.50. The van der Waals surface area contributed by atoms with Crippen LogP contribution in [0, 0.1) is 11.8 Å². The van der Waals surface area contributed by atoms with Crippen molar-refractivity contribution >= 4 is 12.8 Å². The quantitative estimate of drug-likeness (QED) is 0.473. The van der Waals surface area contributed by atoms with Crippen LogP contribution in [-0.4, -0.2) is 23.4 Å². The highest BCUT2D eigenvalue weighted by molar-refractivity contribution is 7.77. The molecule has 3 heteroatoms. The average Bonchev–Trinajstić information content (AvgIpc) is 1.87. The second-order valence-corrected chi connectivity index (χ2v) is 3.77. The molecule has 3 aliphatic rings. The number of piperidine rings is 2. The predicted molar refractivity (Wildman–Crippen MR) is 40.1 cm³/mol. The Morgan fingerprint density at radius 3 is 2.22 bits per heavy atom. The van der Waals surface area contributed by atoms with E-state index in [0.717, 1.165) is 24.9 Å². The molecule has 2 bridgehead atoms. The van der Waals surface area contributed by atoms with Gasteiger partial charge in [-0.2, -0.15) is 0 Å². The number of hydrogen-bond acceptors (Lipinski definition) is 3. The van der Waals surface area contributed by atoms with Gasteiger partial charge in [-0.15, -0.1) is 0 Å². The molecule has 0 aromatic rings. The minimum absolute atomic E-state index is 0.494. The first-order valence-electron chi connectivity index (χ1n) is 3.47. The largest absolute Gasteiger partial charge is 0.327 e. The van der Waals surface area contributed by atoms with Gasteiger partial charge in [0.25, 0.3) is 0 Å². The number of rotatable bonds is 0. The van der Waals surface area contributed by atoms with Gasteiger partial charge in [0.1, 0.15) is 0 Å². The Bertz CT molecular complexity index is 116. The van der Waals surface area contributed by atoms with Crippen LogP contribution in [0.25, 0.3) is 0 Å². The summed E-state index contributed by atoms with van der Waals surface area (Å²) >= 11 is 4.27. The van der Waals surface area contributed by atoms with Gasteiger partial charge in [-0.05, 0) is 18.3 Å². The van der Waals surface area contributed by atoms with E-state index in [1.54, 1.807) is 0 Å². The van der Waals surface area contributed by atoms with Gasteiger partial charge in [0.2, 0.25) is 0 Å². The first-order valence-corrected chi connectivity index (χ1v) is 3.87. The fourth-order valence-corrected chi connectivity index (χ4v) is 2.32. The summed E-state index contributed by atoms with van der Waals surface area (Å²) in [6.07, 6.45) is 1.35. The Balaban J connectivity index is 2.01. The van der Waals surface area contributed by atoms with E-state index in [2.05, 4.69) is 17.1 Å². The number of fused-ring (bicyclic) bond motifs is 2. The van der Waals surface area contributed by atoms with Crippen LogP contribution >= 0.6 is 12.8 Å². The maximum Gasteiger partial charge on any atom is 0.0130 e. The summed E-state index contributed by atoms with van der Waals surface area (Å²) in [6.45, 7) is 2.20. The SMILES string of the molecule is NC1C2CC1CN(S)C2. The van der Waals surface area contributed by atoms with E-state index < -0.39 is 0 Å². The summed E-state index contributed by atoms with van der Waals surface area (Å²) in [5.74, 6) is 1.50. The second-order valence-electron chi connectivity index (χ2n) is 3.20. The molecule has 0 aromatic carbocycles. The van der Waals surface area contributed by atoms with Crippen LogP contribution in [0.3, 0.4) is 0 Å². The smallest absolute Gasteiger partial charge is 0.0130 e. The Kier molecular flexibility index (Phi) is 1.25. The van der Waals surface area contributed by atoms with Crippen molar-refractivity contribution in [1.29, 1.82) is 0 Å². The molecule has 3 fully saturated rings. The Morgan fingerprint density at radius 2 is 1.89 bits per heavy atom. The molecule has 3 rings (SSSR count). The van der Waals surface area contributed by atoms with Crippen LogP contribution in [0.1, 0.15) is 6.42 Å². The van der Waals surface area contributed by atoms with Gasteiger partial charge < -0.3 is 5.73 Å². The zero-order valence-corrected chi connectivity index (χ0v) is 6.22. The van der Waals surface area contributed by atoms with E-state index in [9.17, 15) is 0 Å². The summed E-state index contributed by atoms with van der Waals surface area (Å²) in [6, 6.07) is 0.494. The van der Waals surface area contributed by atoms with Crippen LogP contribution < -0.4 is 5.73 Å². The third-order valence-electron chi connectivity index (χ3n) is 2.58. The Morgan fingerprint density at radius 1 is 1.33 bits per heavy atom. The minimum Gasteiger partial charge on any atom is -0.327 e. The molecule has 2 nitrogen and oxygen atoms in total. The van der Waals surface area contributed by atoms with Crippen LogP contribution in [0.5, 0.6) is 0 Å². The van der Waals surface area contributed by atoms with Crippen LogP contribution in [-0.2, 0) is 0 Å². The molecule has 52 valence electrons. The first kappa shape index (κ1) is 6.01. The minimum atomic E-state index is 0.494. The van der Waals surface area contributed by atoms with Gasteiger partial charge in [-0.3, -0.25) is 4.31 Å². The summed E-state index contributed by atoms with van der Waals surface area (Å²) in [5.41, 5.74) is 5.83. The molecule has 2 aliphatic heterocycles. The van der Waals surface area contributed by atoms with Crippen molar-refractivity contribution in [2.24, 2.45) is 17.6 Å². The third-order valence-corrected chi connectivity index (χ3v) is 2.91. The molecule has 9 heavy (non-hydrogen) atoms. The highest BCUT2D eigenvalue weighted by Gasteiger charge is 2.43. The van der Waals surface area contributed by atoms with Crippen molar-refractivity contribution in [3.63, 3.8) is 0 Å². The van der Waals surface area contributed by atoms with E-state index in [0.29, 0.717) is 6.04 Å². The average molecular weight is 144 g/mol. The van der Waals surface area contributed by atoms with Crippen molar-refractivity contribution in [1.82, 2.24) is 4.31 Å². The standard InChI is InChI=1S/C6H12N2S/c7-6-4-1-5(6)3-8(9)2-4/h4-6,9H,1-3,7H2. The molecule has 2 heterocycles. The first-order chi connectivity index (χ1) is 4.27. The molecule has 0 spiro atoms. The topological polar surface area (TPSA) is 29.3 Å². The molecular formula is C6H12N2S. The third kappa shape index (κ3) is 0.791. The normalized spacial score (nSPS) is 50.7. The maximum absolute atomic E-state index is 5.83. The van der Waals surface area contributed by atoms with Crippen LogP contribution in [0.15, 0.2) is 0 Å². The van der Waals surface area contributed by atoms with Crippen molar-refractivity contribution in [2.45, 2.75) is 12.5 Å². The molecule has 2 N–H and O–H groups in total. The van der Waals surface area contributed by atoms with Gasteiger partial charge >= 0.3 is 0 Å². The van der Waals surface area contributed by atoms with Gasteiger partial charge in [0.15, 0.2) is 0 Å². The molecule has 1 aliphatic carbocycles. The van der Waals surface area contributed by atoms with Crippen molar-refractivity contribution in [3.8, 4) is 0 Å². The molecule has 2 atom stereocenters. The zero-order chi connectivity index (χ0) is 6.43. The molecule has 2 saturated heterocycles. The fourth-order valence-electron chi connectivity index (χ4n) is 1.90. The van der Waals surface area contributed by atoms with Gasteiger partial charge in [0.05, 0.1) is 0 Å². The highest BCUT2D eigenvalue weighted by Crippen LogP contribution is 2.38. The molecular weight excluding hydrogens is 132 g/mol. The number of thiol groups is 1. The highest BCUT2D eigenvalue weighted by atomic mass is 32.1. The Hall–Kier alpha value is 0.270. The molecule has 1 saturated carbocycles. The summed E-state index contributed by atoms with van der Waals surface area (Å²) < 4.78 is 2.09. The monoisotopic (exact) mass is 144 g/mol. The van der Waals surface area contributed by atoms with Gasteiger partial charge in [0, 0.05) is 19.1 Å². The number of nitrogens with zero attached hydrogens (tertiary/aromatic N) is 1. The number of nitrogens with two attached hydrogens (primary N) is 1. The lowest BCUT2D eigenvalue weighted by molar-refractivity contribution is 0.0521. The van der Waals surface area contributed by atoms with E-state index >= 15 is 0 Å². The maximum atomic E-state index is 5.83. The second kappa shape index (κ2) is 1.87. The molecule has 0 radical (unpaired) electrons. The molecule has 0 aromatic heterocycles. The Labute approximate surface area is 60.9 Å². The van der Waals surface area contributed by atoms with E-state index in [1.165, 1.54) is 6.42 Å². The van der Waals surface area contributed by atoms with Crippen molar-refractivity contribution in [3.05, 3.63) is 0 Å². The van der Waals surface area contributed by atoms with Crippen molar-refractivity contribution < 1.29 is 0 Å². The van der Waals surface area contributed by atoms with E-state index in [-0.39, 0.29) is 0 Å². The van der Waals surface area contributed by atoms with Crippen LogP contribution in [0.4, 0.5) is 0 Å².